The van der Waals surface area contributed by atoms with Gasteiger partial charge in [-0.25, -0.2) is 17.8 Å². The smallest absolute Gasteiger partial charge is 0.255 e. The summed E-state index contributed by atoms with van der Waals surface area (Å²) in [6.07, 6.45) is 7.39. The first-order valence-electron chi connectivity index (χ1n) is 13.9. The van der Waals surface area contributed by atoms with E-state index in [1.165, 1.54) is 12.1 Å². The zero-order valence-electron chi connectivity index (χ0n) is 24.1. The molecule has 0 spiro atoms. The largest absolute Gasteiger partial charge is 0.336 e. The normalized spacial score (nSPS) is 12.4. The van der Waals surface area contributed by atoms with E-state index in [2.05, 4.69) is 35.5 Å². The molecule has 5 N–H and O–H groups in total. The Bertz CT molecular complexity index is 2390. The number of pyridine rings is 3. The van der Waals surface area contributed by atoms with Gasteiger partial charge in [0.05, 0.1) is 40.5 Å². The summed E-state index contributed by atoms with van der Waals surface area (Å²) in [6, 6.07) is 18.1. The summed E-state index contributed by atoms with van der Waals surface area (Å²) in [7, 11) is -3.67. The number of H-pyrrole nitrogens is 2. The molecular formula is C32H24FN9O3S. The quantitative estimate of drug-likeness (QED) is 0.187. The summed E-state index contributed by atoms with van der Waals surface area (Å²) in [5.74, 6) is -0.497. The molecule has 0 aliphatic carbocycles. The molecule has 1 unspecified atom stereocenters. The molecule has 7 rings (SSSR count). The average molecular weight is 634 g/mol. The van der Waals surface area contributed by atoms with Crippen LogP contribution in [0.15, 0.2) is 91.5 Å². The third-order valence-electron chi connectivity index (χ3n) is 7.38. The second-order valence-corrected chi connectivity index (χ2v) is 12.8. The van der Waals surface area contributed by atoms with Crippen molar-refractivity contribution in [1.29, 1.82) is 0 Å². The molecule has 0 bridgehead atoms. The second kappa shape index (κ2) is 11.3. The third-order valence-corrected chi connectivity index (χ3v) is 8.58. The molecule has 2 aromatic carbocycles. The number of rotatable bonds is 7. The van der Waals surface area contributed by atoms with Crippen molar-refractivity contribution >= 4 is 43.4 Å². The SMILES string of the molecule is CS(=O)(=O)C(N)c1cc(F)cc(-c2nccc3[nH]c(-c4n[nH]c5cnc(-c6cncc(NC(=O)c7ccccc7)c6)cc45)nc23)c1. The van der Waals surface area contributed by atoms with Gasteiger partial charge in [-0.1, -0.05) is 18.2 Å². The highest BCUT2D eigenvalue weighted by Crippen LogP contribution is 2.33. The van der Waals surface area contributed by atoms with Crippen LogP contribution >= 0.6 is 0 Å². The Morgan fingerprint density at radius 2 is 1.76 bits per heavy atom. The number of nitrogens with zero attached hydrogens (tertiary/aromatic N) is 5. The fraction of sp³-hybridized carbons (Fsp3) is 0.0625. The van der Waals surface area contributed by atoms with E-state index in [1.807, 2.05) is 12.1 Å². The van der Waals surface area contributed by atoms with Gasteiger partial charge in [0.15, 0.2) is 15.7 Å². The molecule has 228 valence electrons. The molecule has 5 aromatic heterocycles. The Morgan fingerprint density at radius 3 is 2.57 bits per heavy atom. The van der Waals surface area contributed by atoms with Gasteiger partial charge in [0.2, 0.25) is 0 Å². The van der Waals surface area contributed by atoms with Gasteiger partial charge in [0, 0.05) is 40.7 Å². The maximum Gasteiger partial charge on any atom is 0.255 e. The van der Waals surface area contributed by atoms with Crippen molar-refractivity contribution < 1.29 is 17.6 Å². The van der Waals surface area contributed by atoms with Crippen LogP contribution in [0.5, 0.6) is 0 Å². The van der Waals surface area contributed by atoms with E-state index < -0.39 is 21.0 Å². The van der Waals surface area contributed by atoms with Crippen LogP contribution in [0.3, 0.4) is 0 Å². The highest BCUT2D eigenvalue weighted by Gasteiger charge is 2.22. The number of imidazole rings is 1. The van der Waals surface area contributed by atoms with Gasteiger partial charge in [-0.3, -0.25) is 24.8 Å². The van der Waals surface area contributed by atoms with Crippen LogP contribution in [0.4, 0.5) is 10.1 Å². The van der Waals surface area contributed by atoms with Crippen LogP contribution in [-0.4, -0.2) is 55.7 Å². The van der Waals surface area contributed by atoms with Gasteiger partial charge in [-0.15, -0.1) is 0 Å². The molecule has 5 heterocycles. The van der Waals surface area contributed by atoms with E-state index in [0.717, 1.165) is 12.3 Å². The molecule has 1 amide bonds. The minimum absolute atomic E-state index is 0.101. The lowest BCUT2D eigenvalue weighted by atomic mass is 10.1. The predicted molar refractivity (Wildman–Crippen MR) is 172 cm³/mol. The second-order valence-electron chi connectivity index (χ2n) is 10.6. The number of aromatic amines is 2. The predicted octanol–water partition coefficient (Wildman–Crippen LogP) is 5.02. The van der Waals surface area contributed by atoms with Gasteiger partial charge in [0.1, 0.15) is 22.4 Å². The molecule has 0 fully saturated rings. The molecule has 0 aliphatic rings. The molecule has 0 saturated carbocycles. The number of anilines is 1. The van der Waals surface area contributed by atoms with E-state index in [-0.39, 0.29) is 11.5 Å². The van der Waals surface area contributed by atoms with E-state index in [1.54, 1.807) is 61.2 Å². The van der Waals surface area contributed by atoms with Crippen molar-refractivity contribution in [3.05, 3.63) is 108 Å². The van der Waals surface area contributed by atoms with Gasteiger partial charge in [-0.05, 0) is 54.1 Å². The average Bonchev–Trinajstić information content (AvgIpc) is 3.68. The number of carbonyl (C=O) groups is 1. The van der Waals surface area contributed by atoms with Crippen LogP contribution in [-0.2, 0) is 9.84 Å². The number of benzene rings is 2. The Labute approximate surface area is 260 Å². The van der Waals surface area contributed by atoms with Crippen molar-refractivity contribution in [2.45, 2.75) is 5.37 Å². The van der Waals surface area contributed by atoms with Crippen molar-refractivity contribution in [2.24, 2.45) is 5.73 Å². The molecule has 46 heavy (non-hydrogen) atoms. The van der Waals surface area contributed by atoms with Crippen LogP contribution in [0.1, 0.15) is 21.3 Å². The van der Waals surface area contributed by atoms with Crippen LogP contribution in [0.2, 0.25) is 0 Å². The van der Waals surface area contributed by atoms with Crippen molar-refractivity contribution in [3.63, 3.8) is 0 Å². The summed E-state index contributed by atoms with van der Waals surface area (Å²) in [5.41, 5.74) is 11.1. The number of nitrogens with one attached hydrogen (secondary N) is 3. The lowest BCUT2D eigenvalue weighted by Crippen LogP contribution is -2.20. The number of sulfone groups is 1. The van der Waals surface area contributed by atoms with Crippen LogP contribution in [0, 0.1) is 5.82 Å². The maximum atomic E-state index is 14.7. The summed E-state index contributed by atoms with van der Waals surface area (Å²) in [5, 5.41) is 9.62. The Kier molecular flexibility index (Phi) is 7.06. The number of hydrogen-bond acceptors (Lipinski definition) is 9. The summed E-state index contributed by atoms with van der Waals surface area (Å²) >= 11 is 0. The number of halogens is 1. The number of amides is 1. The Morgan fingerprint density at radius 1 is 0.935 bits per heavy atom. The molecule has 14 heteroatoms. The fourth-order valence-electron chi connectivity index (χ4n) is 5.12. The molecular weight excluding hydrogens is 609 g/mol. The van der Waals surface area contributed by atoms with Gasteiger partial charge in [-0.2, -0.15) is 5.10 Å². The number of hydrogen-bond donors (Lipinski definition) is 4. The zero-order valence-corrected chi connectivity index (χ0v) is 24.9. The molecule has 0 saturated heterocycles. The minimum Gasteiger partial charge on any atom is -0.336 e. The van der Waals surface area contributed by atoms with E-state index in [0.29, 0.717) is 67.2 Å². The monoisotopic (exact) mass is 633 g/mol. The third kappa shape index (κ3) is 5.46. The Hall–Kier alpha value is -5.86. The number of carbonyl (C=O) groups excluding carboxylic acids is 1. The summed E-state index contributed by atoms with van der Waals surface area (Å²) in [6.45, 7) is 0. The van der Waals surface area contributed by atoms with Crippen molar-refractivity contribution in [3.8, 4) is 34.0 Å². The first-order chi connectivity index (χ1) is 22.1. The zero-order chi connectivity index (χ0) is 32.0. The molecule has 1 atom stereocenters. The maximum absolute atomic E-state index is 14.7. The van der Waals surface area contributed by atoms with Crippen molar-refractivity contribution in [1.82, 2.24) is 35.1 Å². The van der Waals surface area contributed by atoms with Gasteiger partial charge in [0.25, 0.3) is 5.91 Å². The lowest BCUT2D eigenvalue weighted by molar-refractivity contribution is 0.102. The van der Waals surface area contributed by atoms with Crippen molar-refractivity contribution in [2.75, 3.05) is 11.6 Å². The number of aromatic nitrogens is 7. The fourth-order valence-corrected chi connectivity index (χ4v) is 5.75. The summed E-state index contributed by atoms with van der Waals surface area (Å²) < 4.78 is 38.8. The molecule has 0 aliphatic heterocycles. The first-order valence-corrected chi connectivity index (χ1v) is 15.9. The highest BCUT2D eigenvalue weighted by molar-refractivity contribution is 7.90. The molecule has 0 radical (unpaired) electrons. The van der Waals surface area contributed by atoms with Crippen LogP contribution in [0.25, 0.3) is 56.0 Å². The summed E-state index contributed by atoms with van der Waals surface area (Å²) in [4.78, 5) is 33.9. The lowest BCUT2D eigenvalue weighted by Gasteiger charge is -2.12. The van der Waals surface area contributed by atoms with Crippen LogP contribution < -0.4 is 11.1 Å². The standard InChI is InChI=1S/C32H24FN9O3S/c1-46(44,45)30(34)19-9-18(10-21(33)11-19)27-29-24(7-8-36-27)39-31(40-29)28-23-13-25(37-16-26(23)41-42-28)20-12-22(15-35-14-20)38-32(43)17-5-3-2-4-6-17/h2-16,30H,34H2,1H3,(H,38,43)(H,39,40)(H,41,42). The molecule has 12 nitrogen and oxygen atoms in total. The van der Waals surface area contributed by atoms with Gasteiger partial charge < -0.3 is 16.0 Å². The van der Waals surface area contributed by atoms with E-state index in [9.17, 15) is 17.6 Å². The first kappa shape index (κ1) is 28.9. The molecule has 7 aromatic rings. The topological polar surface area (TPSA) is 185 Å². The minimum atomic E-state index is -3.67. The number of nitrogens with two attached hydrogens (primary N) is 1. The highest BCUT2D eigenvalue weighted by atomic mass is 32.2. The van der Waals surface area contributed by atoms with Gasteiger partial charge >= 0.3 is 0 Å². The van der Waals surface area contributed by atoms with E-state index >= 15 is 0 Å². The Balaban J connectivity index is 1.25. The number of fused-ring (bicyclic) bond motifs is 2. The van der Waals surface area contributed by atoms with E-state index in [4.69, 9.17) is 10.7 Å².